The van der Waals surface area contributed by atoms with Gasteiger partial charge in [0.15, 0.2) is 0 Å². The fourth-order valence-electron chi connectivity index (χ4n) is 7.15. The zero-order valence-electron chi connectivity index (χ0n) is 33.2. The number of hydrogen-bond acceptors (Lipinski definition) is 9. The molecule has 0 unspecified atom stereocenters. The lowest BCUT2D eigenvalue weighted by atomic mass is 9.81. The summed E-state index contributed by atoms with van der Waals surface area (Å²) in [6.07, 6.45) is 12.6. The molecule has 8 N–H and O–H groups in total. The largest absolute Gasteiger partial charge is 0.444 e. The van der Waals surface area contributed by atoms with Gasteiger partial charge in [0.1, 0.15) is 17.7 Å². The number of nitrogens with two attached hydrogens (primary N) is 1. The van der Waals surface area contributed by atoms with Gasteiger partial charge in [-0.1, -0.05) is 62.4 Å². The van der Waals surface area contributed by atoms with Crippen LogP contribution in [-0.2, 0) is 38.4 Å². The number of unbranched alkanes of at least 4 members (excludes halogenated alkanes) is 1. The highest BCUT2D eigenvalue weighted by molar-refractivity contribution is 5.91. The van der Waals surface area contributed by atoms with E-state index in [1.165, 1.54) is 6.33 Å². The van der Waals surface area contributed by atoms with Crippen molar-refractivity contribution in [3.63, 3.8) is 0 Å². The average Bonchev–Trinajstić information content (AvgIpc) is 3.69. The maximum Gasteiger partial charge on any atom is 0.408 e. The molecule has 306 valence electrons. The van der Waals surface area contributed by atoms with Crippen LogP contribution in [0.3, 0.4) is 0 Å². The number of H-pyrrole nitrogens is 1. The molecule has 1 aromatic carbocycles. The van der Waals surface area contributed by atoms with E-state index in [2.05, 4.69) is 36.2 Å². The number of hydrogen-bond donors (Lipinski definition) is 7. The van der Waals surface area contributed by atoms with Crippen molar-refractivity contribution in [2.45, 2.75) is 128 Å². The van der Waals surface area contributed by atoms with Crippen LogP contribution in [0.4, 0.5) is 4.79 Å². The highest BCUT2D eigenvalue weighted by Crippen LogP contribution is 2.29. The number of pyridine rings is 1. The second kappa shape index (κ2) is 22.7. The van der Waals surface area contributed by atoms with Crippen molar-refractivity contribution in [3.05, 3.63) is 84.2 Å². The zero-order valence-corrected chi connectivity index (χ0v) is 33.2. The lowest BCUT2D eigenvalue weighted by Crippen LogP contribution is -2.58. The molecule has 4 rings (SSSR count). The molecule has 4 amide bonds. The van der Waals surface area contributed by atoms with E-state index < -0.39 is 53.7 Å². The zero-order chi connectivity index (χ0) is 40.3. The van der Waals surface area contributed by atoms with Crippen LogP contribution in [0.25, 0.3) is 0 Å². The Bertz CT molecular complexity index is 1610. The number of amides is 4. The molecule has 3 aromatic rings. The van der Waals surface area contributed by atoms with Crippen molar-refractivity contribution in [1.82, 2.24) is 36.2 Å². The van der Waals surface area contributed by atoms with E-state index in [4.69, 9.17) is 10.5 Å². The molecule has 1 aliphatic rings. The fraction of sp³-hybridized carbons (Fsp3) is 0.571. The number of carbonyl (C=O) groups is 4. The van der Waals surface area contributed by atoms with Crippen LogP contribution in [0.1, 0.15) is 95.4 Å². The second-order valence-corrected chi connectivity index (χ2v) is 15.9. The SMILES string of the molecule is CC(C)(C)OC(=O)N[C@@H](Cc1ccccc1)C(=O)N[C@@H](Cc1cnc[nH]1)C(=O)N[C@@H](CC1CCCCC1)[C@@H](O)C[C@@H](Cc1ccncc1)C(=O)NCCCCN. The predicted octanol–water partition coefficient (Wildman–Crippen LogP) is 3.89. The number of nitrogens with one attached hydrogen (secondary N) is 5. The summed E-state index contributed by atoms with van der Waals surface area (Å²) in [7, 11) is 0. The Balaban J connectivity index is 1.57. The molecule has 0 bridgehead atoms. The molecule has 0 spiro atoms. The first-order chi connectivity index (χ1) is 26.9. The van der Waals surface area contributed by atoms with Crippen molar-refractivity contribution in [2.24, 2.45) is 17.6 Å². The number of aliphatic hydroxyl groups excluding tert-OH is 1. The molecule has 0 aliphatic heterocycles. The van der Waals surface area contributed by atoms with Gasteiger partial charge in [0.25, 0.3) is 0 Å². The molecule has 2 heterocycles. The topological polar surface area (TPSA) is 213 Å². The summed E-state index contributed by atoms with van der Waals surface area (Å²) in [5.41, 5.74) is 7.19. The van der Waals surface area contributed by atoms with Crippen LogP contribution in [-0.4, -0.2) is 86.8 Å². The number of imidazole rings is 1. The highest BCUT2D eigenvalue weighted by Gasteiger charge is 2.34. The van der Waals surface area contributed by atoms with Crippen LogP contribution in [0.2, 0.25) is 0 Å². The minimum absolute atomic E-state index is 0.0736. The van der Waals surface area contributed by atoms with E-state index in [-0.39, 0.29) is 31.1 Å². The third-order valence-electron chi connectivity index (χ3n) is 10.1. The van der Waals surface area contributed by atoms with Crippen molar-refractivity contribution in [3.8, 4) is 0 Å². The van der Waals surface area contributed by atoms with Crippen LogP contribution in [0.15, 0.2) is 67.4 Å². The smallest absolute Gasteiger partial charge is 0.408 e. The Hall–Kier alpha value is -4.82. The van der Waals surface area contributed by atoms with E-state index in [9.17, 15) is 24.3 Å². The van der Waals surface area contributed by atoms with Gasteiger partial charge in [-0.25, -0.2) is 9.78 Å². The van der Waals surface area contributed by atoms with Gasteiger partial charge in [0, 0.05) is 49.6 Å². The summed E-state index contributed by atoms with van der Waals surface area (Å²) in [6.45, 7) is 6.22. The first-order valence-corrected chi connectivity index (χ1v) is 20.1. The molecule has 14 nitrogen and oxygen atoms in total. The van der Waals surface area contributed by atoms with Crippen LogP contribution < -0.4 is 27.0 Å². The Morgan fingerprint density at radius 3 is 2.20 bits per heavy atom. The van der Waals surface area contributed by atoms with E-state index >= 15 is 0 Å². The lowest BCUT2D eigenvalue weighted by Gasteiger charge is -2.33. The minimum Gasteiger partial charge on any atom is -0.444 e. The van der Waals surface area contributed by atoms with E-state index in [1.807, 2.05) is 42.5 Å². The number of aromatic amines is 1. The number of alkyl carbamates (subject to hydrolysis) is 1. The number of aliphatic hydroxyl groups is 1. The van der Waals surface area contributed by atoms with Gasteiger partial charge in [-0.3, -0.25) is 19.4 Å². The number of carbonyl (C=O) groups excluding carboxylic acids is 4. The Morgan fingerprint density at radius 2 is 1.54 bits per heavy atom. The Morgan fingerprint density at radius 1 is 0.857 bits per heavy atom. The van der Waals surface area contributed by atoms with Gasteiger partial charge in [0.2, 0.25) is 17.7 Å². The van der Waals surface area contributed by atoms with Crippen LogP contribution in [0, 0.1) is 11.8 Å². The van der Waals surface area contributed by atoms with E-state index in [0.717, 1.165) is 56.1 Å². The van der Waals surface area contributed by atoms with Crippen molar-refractivity contribution >= 4 is 23.8 Å². The molecule has 1 saturated carbocycles. The maximum atomic E-state index is 14.4. The van der Waals surface area contributed by atoms with Gasteiger partial charge in [-0.15, -0.1) is 0 Å². The number of nitrogens with zero attached hydrogens (tertiary/aromatic N) is 2. The summed E-state index contributed by atoms with van der Waals surface area (Å²) < 4.78 is 5.48. The van der Waals surface area contributed by atoms with Gasteiger partial charge < -0.3 is 41.8 Å². The minimum atomic E-state index is -1.10. The predicted molar refractivity (Wildman–Crippen MR) is 214 cm³/mol. The molecule has 1 aliphatic carbocycles. The first kappa shape index (κ1) is 43.9. The summed E-state index contributed by atoms with van der Waals surface area (Å²) in [6, 6.07) is 10.1. The number of benzene rings is 1. The fourth-order valence-corrected chi connectivity index (χ4v) is 7.15. The summed E-state index contributed by atoms with van der Waals surface area (Å²) >= 11 is 0. The number of rotatable bonds is 21. The Labute approximate surface area is 330 Å². The van der Waals surface area contributed by atoms with Crippen LogP contribution in [0.5, 0.6) is 0 Å². The van der Waals surface area contributed by atoms with Crippen molar-refractivity contribution in [2.75, 3.05) is 13.1 Å². The summed E-state index contributed by atoms with van der Waals surface area (Å²) in [5, 5.41) is 23.7. The standard InChI is InChI=1S/C42H62N8O6/c1-42(2,3)56-41(55)50-35(24-30-14-8-5-9-15-30)39(53)49-36(26-33-27-45-28-47-33)40(54)48-34(23-29-12-6-4-7-13-29)37(51)25-32(22-31-16-20-44-21-17-31)38(52)46-19-11-10-18-43/h5,8-9,14-17,20-21,27-29,32,34-37,51H,4,6-7,10-13,18-19,22-26,43H2,1-3H3,(H,45,47)(H,46,52)(H,48,54)(H,49,53)(H,50,55)/t32-,34+,35+,36+,37+/m1/s1. The van der Waals surface area contributed by atoms with E-state index in [0.29, 0.717) is 31.6 Å². The summed E-state index contributed by atoms with van der Waals surface area (Å²) in [5.74, 6) is -1.55. The van der Waals surface area contributed by atoms with Gasteiger partial charge in [-0.2, -0.15) is 0 Å². The van der Waals surface area contributed by atoms with Crippen molar-refractivity contribution in [1.29, 1.82) is 0 Å². The van der Waals surface area contributed by atoms with Gasteiger partial charge in [-0.05, 0) is 88.6 Å². The quantitative estimate of drug-likeness (QED) is 0.0782. The first-order valence-electron chi connectivity index (χ1n) is 20.1. The van der Waals surface area contributed by atoms with E-state index in [1.54, 1.807) is 39.4 Å². The normalized spacial score (nSPS) is 16.1. The van der Waals surface area contributed by atoms with Crippen LogP contribution >= 0.6 is 0 Å². The molecule has 0 radical (unpaired) electrons. The third-order valence-corrected chi connectivity index (χ3v) is 10.1. The average molecular weight is 775 g/mol. The lowest BCUT2D eigenvalue weighted by molar-refractivity contribution is -0.131. The molecule has 0 saturated heterocycles. The molecule has 56 heavy (non-hydrogen) atoms. The molecular weight excluding hydrogens is 713 g/mol. The molecule has 1 fully saturated rings. The summed E-state index contributed by atoms with van der Waals surface area (Å²) in [4.78, 5) is 66.2. The Kier molecular flexibility index (Phi) is 17.8. The monoisotopic (exact) mass is 774 g/mol. The highest BCUT2D eigenvalue weighted by atomic mass is 16.6. The molecular formula is C42H62N8O6. The number of aromatic nitrogens is 3. The number of ether oxygens (including phenoxy) is 1. The molecule has 2 aromatic heterocycles. The van der Waals surface area contributed by atoms with Gasteiger partial charge in [0.05, 0.1) is 18.5 Å². The second-order valence-electron chi connectivity index (χ2n) is 15.9. The van der Waals surface area contributed by atoms with Crippen molar-refractivity contribution < 1.29 is 29.0 Å². The van der Waals surface area contributed by atoms with Gasteiger partial charge >= 0.3 is 6.09 Å². The third kappa shape index (κ3) is 15.7. The molecule has 5 atom stereocenters. The molecule has 14 heteroatoms. The maximum absolute atomic E-state index is 14.4.